The maximum atomic E-state index is 6.12. The predicted molar refractivity (Wildman–Crippen MR) is 85.2 cm³/mol. The van der Waals surface area contributed by atoms with E-state index in [1.54, 1.807) is 6.20 Å². The molecule has 0 amide bonds. The first-order chi connectivity index (χ1) is 10.9. The van der Waals surface area contributed by atoms with Gasteiger partial charge in [-0.15, -0.1) is 0 Å². The van der Waals surface area contributed by atoms with Crippen molar-refractivity contribution in [2.24, 2.45) is 0 Å². The summed E-state index contributed by atoms with van der Waals surface area (Å²) in [6.45, 7) is 3.90. The first kappa shape index (κ1) is 13.5. The van der Waals surface area contributed by atoms with Crippen LogP contribution in [0.1, 0.15) is 23.7 Å². The minimum atomic E-state index is 0.101. The second-order valence-corrected chi connectivity index (χ2v) is 5.80. The molecule has 1 aromatic heterocycles. The molecule has 4 rings (SSSR count). The molecule has 1 saturated heterocycles. The van der Waals surface area contributed by atoms with Gasteiger partial charge >= 0.3 is 0 Å². The molecule has 2 aromatic rings. The molecular weight excluding hydrogens is 276 g/mol. The molecule has 1 fully saturated rings. The number of nitrogens with one attached hydrogen (secondary N) is 1. The molecule has 22 heavy (non-hydrogen) atoms. The number of piperazine rings is 1. The Labute approximate surface area is 130 Å². The van der Waals surface area contributed by atoms with Crippen molar-refractivity contribution in [1.82, 2.24) is 15.3 Å². The standard InChI is InChI=1S/C17H20N4O/c1-2-4-14-13(3-1)5-6-15(14)22-17-12-19-11-16(20-17)21-9-7-18-8-10-21/h1-4,11-12,15,18H,5-10H2/t15-/m0/s1. The van der Waals surface area contributed by atoms with Crippen LogP contribution in [0, 0.1) is 0 Å². The van der Waals surface area contributed by atoms with Gasteiger partial charge in [-0.1, -0.05) is 24.3 Å². The second kappa shape index (κ2) is 5.93. The smallest absolute Gasteiger partial charge is 0.234 e. The molecule has 1 aliphatic carbocycles. The summed E-state index contributed by atoms with van der Waals surface area (Å²) < 4.78 is 6.12. The summed E-state index contributed by atoms with van der Waals surface area (Å²) in [6.07, 6.45) is 5.72. The molecule has 0 spiro atoms. The van der Waals surface area contributed by atoms with Gasteiger partial charge in [0.2, 0.25) is 5.88 Å². The number of nitrogens with zero attached hydrogens (tertiary/aromatic N) is 3. The third-order valence-electron chi connectivity index (χ3n) is 4.38. The second-order valence-electron chi connectivity index (χ2n) is 5.80. The average molecular weight is 296 g/mol. The van der Waals surface area contributed by atoms with Gasteiger partial charge < -0.3 is 15.0 Å². The van der Waals surface area contributed by atoms with Gasteiger partial charge in [0, 0.05) is 26.2 Å². The quantitative estimate of drug-likeness (QED) is 0.938. The molecule has 5 nitrogen and oxygen atoms in total. The third-order valence-corrected chi connectivity index (χ3v) is 4.38. The summed E-state index contributed by atoms with van der Waals surface area (Å²) in [7, 11) is 0. The van der Waals surface area contributed by atoms with E-state index in [0.717, 1.165) is 44.8 Å². The topological polar surface area (TPSA) is 50.3 Å². The molecule has 2 aliphatic rings. The van der Waals surface area contributed by atoms with E-state index in [9.17, 15) is 0 Å². The van der Waals surface area contributed by atoms with Crippen LogP contribution in [0.15, 0.2) is 36.7 Å². The number of rotatable bonds is 3. The Morgan fingerprint density at radius 1 is 1.14 bits per heavy atom. The summed E-state index contributed by atoms with van der Waals surface area (Å²) in [5.74, 6) is 1.53. The Morgan fingerprint density at radius 3 is 2.91 bits per heavy atom. The maximum Gasteiger partial charge on any atom is 0.234 e. The zero-order valence-electron chi connectivity index (χ0n) is 12.5. The van der Waals surface area contributed by atoms with Crippen LogP contribution in [0.3, 0.4) is 0 Å². The van der Waals surface area contributed by atoms with Gasteiger partial charge in [-0.3, -0.25) is 4.98 Å². The first-order valence-electron chi connectivity index (χ1n) is 7.92. The van der Waals surface area contributed by atoms with Crippen LogP contribution in [0.25, 0.3) is 0 Å². The van der Waals surface area contributed by atoms with Crippen LogP contribution in [0.2, 0.25) is 0 Å². The molecule has 0 unspecified atom stereocenters. The molecule has 0 radical (unpaired) electrons. The van der Waals surface area contributed by atoms with Crippen molar-refractivity contribution in [3.8, 4) is 5.88 Å². The van der Waals surface area contributed by atoms with Crippen molar-refractivity contribution in [2.45, 2.75) is 18.9 Å². The fraction of sp³-hybridized carbons (Fsp3) is 0.412. The fourth-order valence-electron chi connectivity index (χ4n) is 3.23. The molecule has 1 aromatic carbocycles. The number of fused-ring (bicyclic) bond motifs is 1. The highest BCUT2D eigenvalue weighted by Gasteiger charge is 2.24. The van der Waals surface area contributed by atoms with Crippen molar-refractivity contribution >= 4 is 5.82 Å². The minimum absolute atomic E-state index is 0.101. The Morgan fingerprint density at radius 2 is 2.00 bits per heavy atom. The number of anilines is 1. The minimum Gasteiger partial charge on any atom is -0.468 e. The maximum absolute atomic E-state index is 6.12. The normalized spacial score (nSPS) is 20.7. The number of aryl methyl sites for hydroxylation is 1. The van der Waals surface area contributed by atoms with Gasteiger partial charge in [0.1, 0.15) is 6.10 Å². The Bertz CT molecular complexity index is 655. The highest BCUT2D eigenvalue weighted by Crippen LogP contribution is 2.34. The zero-order chi connectivity index (χ0) is 14.8. The average Bonchev–Trinajstić information content (AvgIpc) is 2.99. The molecule has 1 aliphatic heterocycles. The molecule has 114 valence electrons. The number of benzene rings is 1. The van der Waals surface area contributed by atoms with E-state index in [-0.39, 0.29) is 6.10 Å². The van der Waals surface area contributed by atoms with Crippen molar-refractivity contribution in [2.75, 3.05) is 31.1 Å². The van der Waals surface area contributed by atoms with Crippen LogP contribution in [-0.4, -0.2) is 36.1 Å². The molecule has 2 heterocycles. The largest absolute Gasteiger partial charge is 0.468 e. The van der Waals surface area contributed by atoms with Gasteiger partial charge in [0.15, 0.2) is 5.82 Å². The lowest BCUT2D eigenvalue weighted by molar-refractivity contribution is 0.198. The van der Waals surface area contributed by atoms with Crippen LogP contribution in [0.5, 0.6) is 5.88 Å². The molecule has 0 bridgehead atoms. The highest BCUT2D eigenvalue weighted by molar-refractivity contribution is 5.39. The Hall–Kier alpha value is -2.14. The lowest BCUT2D eigenvalue weighted by atomic mass is 10.1. The highest BCUT2D eigenvalue weighted by atomic mass is 16.5. The lowest BCUT2D eigenvalue weighted by Gasteiger charge is -2.28. The van der Waals surface area contributed by atoms with E-state index in [1.807, 2.05) is 6.20 Å². The summed E-state index contributed by atoms with van der Waals surface area (Å²) in [4.78, 5) is 11.2. The summed E-state index contributed by atoms with van der Waals surface area (Å²) in [5.41, 5.74) is 2.68. The number of aromatic nitrogens is 2. The summed E-state index contributed by atoms with van der Waals surface area (Å²) >= 11 is 0. The molecule has 5 heteroatoms. The zero-order valence-corrected chi connectivity index (χ0v) is 12.5. The van der Waals surface area contributed by atoms with Crippen LogP contribution < -0.4 is 15.0 Å². The van der Waals surface area contributed by atoms with Crippen LogP contribution in [-0.2, 0) is 6.42 Å². The number of ether oxygens (including phenoxy) is 1. The van der Waals surface area contributed by atoms with Crippen molar-refractivity contribution < 1.29 is 4.74 Å². The van der Waals surface area contributed by atoms with E-state index in [1.165, 1.54) is 11.1 Å². The van der Waals surface area contributed by atoms with E-state index < -0.39 is 0 Å². The molecule has 1 atom stereocenters. The predicted octanol–water partition coefficient (Wildman–Crippen LogP) is 1.95. The molecule has 1 N–H and O–H groups in total. The fourth-order valence-corrected chi connectivity index (χ4v) is 3.23. The summed E-state index contributed by atoms with van der Waals surface area (Å²) in [6, 6.07) is 8.50. The van der Waals surface area contributed by atoms with Gasteiger partial charge in [-0.25, -0.2) is 0 Å². The Kier molecular flexibility index (Phi) is 3.64. The van der Waals surface area contributed by atoms with Crippen molar-refractivity contribution in [1.29, 1.82) is 0 Å². The molecule has 0 saturated carbocycles. The van der Waals surface area contributed by atoms with Crippen molar-refractivity contribution in [3.05, 3.63) is 47.8 Å². The molecular formula is C17H20N4O. The van der Waals surface area contributed by atoms with Gasteiger partial charge in [-0.05, 0) is 24.0 Å². The van der Waals surface area contributed by atoms with E-state index in [4.69, 9.17) is 4.74 Å². The van der Waals surface area contributed by atoms with E-state index in [2.05, 4.69) is 44.5 Å². The van der Waals surface area contributed by atoms with E-state index in [0.29, 0.717) is 5.88 Å². The number of hydrogen-bond donors (Lipinski definition) is 1. The number of hydrogen-bond acceptors (Lipinski definition) is 5. The van der Waals surface area contributed by atoms with E-state index >= 15 is 0 Å². The van der Waals surface area contributed by atoms with Gasteiger partial charge in [-0.2, -0.15) is 4.98 Å². The Balaban J connectivity index is 1.52. The monoisotopic (exact) mass is 296 g/mol. The lowest BCUT2D eigenvalue weighted by Crippen LogP contribution is -2.43. The van der Waals surface area contributed by atoms with Gasteiger partial charge in [0.25, 0.3) is 0 Å². The van der Waals surface area contributed by atoms with Crippen LogP contribution >= 0.6 is 0 Å². The SMILES string of the molecule is c1ccc2c(c1)CC[C@@H]2Oc1cncc(N2CCNCC2)n1. The van der Waals surface area contributed by atoms with Crippen LogP contribution in [0.4, 0.5) is 5.82 Å². The van der Waals surface area contributed by atoms with Gasteiger partial charge in [0.05, 0.1) is 12.4 Å². The van der Waals surface area contributed by atoms with Crippen molar-refractivity contribution in [3.63, 3.8) is 0 Å². The first-order valence-corrected chi connectivity index (χ1v) is 7.92. The third kappa shape index (κ3) is 2.64. The summed E-state index contributed by atoms with van der Waals surface area (Å²) in [5, 5.41) is 3.35.